The van der Waals surface area contributed by atoms with E-state index in [1.807, 2.05) is 66.7 Å². The molecule has 1 N–H and O–H groups in total. The number of aromatic amines is 1. The van der Waals surface area contributed by atoms with E-state index in [1.54, 1.807) is 0 Å². The fraction of sp³-hybridized carbons (Fsp3) is 0. The number of H-pyrrole nitrogens is 1. The van der Waals surface area contributed by atoms with Crippen molar-refractivity contribution in [2.75, 3.05) is 0 Å². The lowest BCUT2D eigenvalue weighted by atomic mass is 10.0. The van der Waals surface area contributed by atoms with Gasteiger partial charge in [-0.1, -0.05) is 127 Å². The van der Waals surface area contributed by atoms with Crippen LogP contribution in [-0.4, -0.2) is 24.5 Å². The van der Waals surface area contributed by atoms with Crippen molar-refractivity contribution < 1.29 is 4.42 Å². The number of aromatic nitrogens is 5. The number of nitrogens with zero attached hydrogens (tertiary/aromatic N) is 4. The van der Waals surface area contributed by atoms with Gasteiger partial charge in [0, 0.05) is 71.1 Å². The number of hydrogen-bond donors (Lipinski definition) is 1. The fourth-order valence-corrected chi connectivity index (χ4v) is 8.53. The van der Waals surface area contributed by atoms with E-state index >= 15 is 0 Å². The summed E-state index contributed by atoms with van der Waals surface area (Å²) in [7, 11) is 0. The van der Waals surface area contributed by atoms with Crippen molar-refractivity contribution in [3.05, 3.63) is 170 Å². The van der Waals surface area contributed by atoms with E-state index in [-0.39, 0.29) is 0 Å². The third kappa shape index (κ3) is 4.46. The molecule has 0 atom stereocenters. The molecule has 55 heavy (non-hydrogen) atoms. The van der Waals surface area contributed by atoms with E-state index in [0.717, 1.165) is 87.9 Å². The van der Waals surface area contributed by atoms with Crippen molar-refractivity contribution in [3.8, 4) is 39.9 Å². The van der Waals surface area contributed by atoms with Crippen molar-refractivity contribution in [2.45, 2.75) is 0 Å². The van der Waals surface area contributed by atoms with Crippen molar-refractivity contribution in [2.24, 2.45) is 0 Å². The molecule has 0 fully saturated rings. The highest BCUT2D eigenvalue weighted by atomic mass is 16.3. The molecule has 6 nitrogen and oxygen atoms in total. The zero-order valence-electron chi connectivity index (χ0n) is 29.4. The van der Waals surface area contributed by atoms with E-state index in [0.29, 0.717) is 17.5 Å². The molecular weight excluding hydrogens is 675 g/mol. The van der Waals surface area contributed by atoms with Crippen LogP contribution in [0.1, 0.15) is 0 Å². The molecule has 256 valence electrons. The van der Waals surface area contributed by atoms with Gasteiger partial charge >= 0.3 is 0 Å². The Kier molecular flexibility index (Phi) is 6.24. The summed E-state index contributed by atoms with van der Waals surface area (Å²) in [6, 6.07) is 59.1. The second-order valence-electron chi connectivity index (χ2n) is 14.1. The molecule has 0 aliphatic heterocycles. The monoisotopic (exact) mass is 703 g/mol. The van der Waals surface area contributed by atoms with Crippen molar-refractivity contribution in [1.82, 2.24) is 24.5 Å². The van der Waals surface area contributed by atoms with Gasteiger partial charge in [-0.3, -0.25) is 0 Å². The number of para-hydroxylation sites is 2. The Morgan fingerprint density at radius 2 is 1.11 bits per heavy atom. The quantitative estimate of drug-likeness (QED) is 0.198. The molecule has 0 aliphatic rings. The van der Waals surface area contributed by atoms with E-state index in [2.05, 4.69) is 113 Å². The standard InChI is InChI=1S/C49H29N5O/c1-3-12-30(13-4-1)47-51-48(31-14-5-2-6-15-31)53-49(52-47)37-18-11-19-38-44(37)35-26-24-32(28-39(35)50-38)54-40-20-9-7-17-36(40)45-41(54)27-23-29-22-25-34-33-16-8-10-21-42(33)55-46(34)43(29)45/h1-28,50H. The first-order valence-electron chi connectivity index (χ1n) is 18.5. The van der Waals surface area contributed by atoms with Crippen LogP contribution in [0, 0.1) is 0 Å². The number of hydrogen-bond acceptors (Lipinski definition) is 4. The zero-order valence-corrected chi connectivity index (χ0v) is 29.4. The molecule has 12 rings (SSSR count). The number of benzene rings is 8. The minimum absolute atomic E-state index is 0.634. The average Bonchev–Trinajstić information content (AvgIpc) is 3.93. The van der Waals surface area contributed by atoms with Crippen LogP contribution in [0.5, 0.6) is 0 Å². The summed E-state index contributed by atoms with van der Waals surface area (Å²) in [5.74, 6) is 1.92. The molecule has 12 aromatic rings. The Bertz CT molecular complexity index is 3430. The van der Waals surface area contributed by atoms with Crippen LogP contribution < -0.4 is 0 Å². The van der Waals surface area contributed by atoms with Crippen molar-refractivity contribution >= 4 is 76.3 Å². The molecule has 0 unspecified atom stereocenters. The highest BCUT2D eigenvalue weighted by molar-refractivity contribution is 6.29. The summed E-state index contributed by atoms with van der Waals surface area (Å²) in [6.07, 6.45) is 0. The van der Waals surface area contributed by atoms with Crippen LogP contribution in [0.25, 0.3) is 116 Å². The highest BCUT2D eigenvalue weighted by Gasteiger charge is 2.21. The maximum Gasteiger partial charge on any atom is 0.164 e. The minimum Gasteiger partial charge on any atom is -0.455 e. The molecule has 0 saturated heterocycles. The third-order valence-corrected chi connectivity index (χ3v) is 11.0. The van der Waals surface area contributed by atoms with Gasteiger partial charge in [0.2, 0.25) is 0 Å². The lowest BCUT2D eigenvalue weighted by Crippen LogP contribution is -2.00. The largest absolute Gasteiger partial charge is 0.455 e. The topological polar surface area (TPSA) is 72.5 Å². The second kappa shape index (κ2) is 11.5. The minimum atomic E-state index is 0.634. The second-order valence-corrected chi connectivity index (χ2v) is 14.1. The first-order chi connectivity index (χ1) is 27.3. The molecule has 0 radical (unpaired) electrons. The van der Waals surface area contributed by atoms with E-state index < -0.39 is 0 Å². The van der Waals surface area contributed by atoms with Gasteiger partial charge in [0.1, 0.15) is 11.2 Å². The van der Waals surface area contributed by atoms with Crippen molar-refractivity contribution in [1.29, 1.82) is 0 Å². The van der Waals surface area contributed by atoms with Gasteiger partial charge in [-0.05, 0) is 47.9 Å². The van der Waals surface area contributed by atoms with Crippen LogP contribution >= 0.6 is 0 Å². The first-order valence-corrected chi connectivity index (χ1v) is 18.5. The predicted octanol–water partition coefficient (Wildman–Crippen LogP) is 12.7. The van der Waals surface area contributed by atoms with Crippen LogP contribution in [0.2, 0.25) is 0 Å². The molecule has 0 bridgehead atoms. The fourth-order valence-electron chi connectivity index (χ4n) is 8.53. The Morgan fingerprint density at radius 1 is 0.436 bits per heavy atom. The third-order valence-electron chi connectivity index (χ3n) is 11.0. The SMILES string of the molecule is c1ccc(-c2nc(-c3ccccc3)nc(-c3cccc4[nH]c5cc(-n6c7ccccc7c7c8c(ccc9c%10ccccc%10oc98)ccc76)ccc5c34)n2)cc1. The highest BCUT2D eigenvalue weighted by Crippen LogP contribution is 2.43. The van der Waals surface area contributed by atoms with Crippen LogP contribution in [0.3, 0.4) is 0 Å². The number of rotatable bonds is 4. The van der Waals surface area contributed by atoms with Crippen LogP contribution in [0.4, 0.5) is 0 Å². The maximum atomic E-state index is 6.61. The van der Waals surface area contributed by atoms with Gasteiger partial charge in [0.25, 0.3) is 0 Å². The summed E-state index contributed by atoms with van der Waals surface area (Å²) >= 11 is 0. The van der Waals surface area contributed by atoms with Gasteiger partial charge in [0.15, 0.2) is 17.5 Å². The van der Waals surface area contributed by atoms with Gasteiger partial charge in [0.05, 0.1) is 11.0 Å². The van der Waals surface area contributed by atoms with E-state index in [4.69, 9.17) is 19.4 Å². The summed E-state index contributed by atoms with van der Waals surface area (Å²) in [5.41, 5.74) is 10.1. The van der Waals surface area contributed by atoms with E-state index in [1.165, 1.54) is 10.8 Å². The first kappa shape index (κ1) is 29.9. The molecule has 0 amide bonds. The summed E-state index contributed by atoms with van der Waals surface area (Å²) in [4.78, 5) is 18.8. The molecular formula is C49H29N5O. The molecule has 4 heterocycles. The summed E-state index contributed by atoms with van der Waals surface area (Å²) < 4.78 is 8.99. The Morgan fingerprint density at radius 3 is 1.91 bits per heavy atom. The molecule has 0 spiro atoms. The van der Waals surface area contributed by atoms with Gasteiger partial charge in [-0.2, -0.15) is 0 Å². The number of nitrogens with one attached hydrogen (secondary N) is 1. The zero-order chi connectivity index (χ0) is 36.0. The van der Waals surface area contributed by atoms with Crippen LogP contribution in [-0.2, 0) is 0 Å². The lowest BCUT2D eigenvalue weighted by Gasteiger charge is -2.10. The molecule has 0 aliphatic carbocycles. The normalized spacial score (nSPS) is 12.0. The van der Waals surface area contributed by atoms with Crippen molar-refractivity contribution in [3.63, 3.8) is 0 Å². The molecule has 4 aromatic heterocycles. The Balaban J connectivity index is 1.08. The number of fused-ring (bicyclic) bond motifs is 12. The maximum absolute atomic E-state index is 6.61. The molecule has 6 heteroatoms. The Labute approximate surface area is 314 Å². The number of furan rings is 1. The Hall–Kier alpha value is -7.57. The lowest BCUT2D eigenvalue weighted by molar-refractivity contribution is 0.673. The van der Waals surface area contributed by atoms with Gasteiger partial charge in [-0.25, -0.2) is 15.0 Å². The van der Waals surface area contributed by atoms with E-state index in [9.17, 15) is 0 Å². The predicted molar refractivity (Wildman–Crippen MR) is 225 cm³/mol. The molecule has 0 saturated carbocycles. The smallest absolute Gasteiger partial charge is 0.164 e. The van der Waals surface area contributed by atoms with Gasteiger partial charge in [-0.15, -0.1) is 0 Å². The molecule has 8 aromatic carbocycles. The van der Waals surface area contributed by atoms with Gasteiger partial charge < -0.3 is 14.0 Å². The average molecular weight is 704 g/mol. The summed E-state index contributed by atoms with van der Waals surface area (Å²) in [5, 5.41) is 9.12. The van der Waals surface area contributed by atoms with Crippen LogP contribution in [0.15, 0.2) is 174 Å². The summed E-state index contributed by atoms with van der Waals surface area (Å²) in [6.45, 7) is 0.